The molecule has 57 heavy (non-hydrogen) atoms. The lowest BCUT2D eigenvalue weighted by Gasteiger charge is -2.26. The maximum Gasteiger partial charge on any atom is 0.251 e. The second kappa shape index (κ2) is 21.4. The zero-order valence-electron chi connectivity index (χ0n) is 32.2. The molecule has 1 fully saturated rings. The molecule has 10 N–H and O–H groups in total. The van der Waals surface area contributed by atoms with Gasteiger partial charge in [-0.1, -0.05) is 66.2 Å². The van der Waals surface area contributed by atoms with Gasteiger partial charge in [0.05, 0.1) is 12.1 Å². The quantitative estimate of drug-likeness (QED) is 0.0572. The number of Topliss-reactive ketones (excluding diaryl/α,β-unsaturated/α-hetero) is 1. The Hall–Kier alpha value is -5.19. The highest BCUT2D eigenvalue weighted by Gasteiger charge is 2.47. The Labute approximate surface area is 337 Å². The Morgan fingerprint density at radius 1 is 0.667 bits per heavy atom. The molecule has 0 radical (unpaired) electrons. The first-order valence-electron chi connectivity index (χ1n) is 18.9. The van der Waals surface area contributed by atoms with Crippen LogP contribution in [0.1, 0.15) is 68.5 Å². The second-order valence-electron chi connectivity index (χ2n) is 14.0. The molecular weight excluding hydrogens is 754 g/mol. The number of carbonyl (C=O) groups excluding carboxylic acids is 6. The number of nitrogens with two attached hydrogens (primary N) is 2. The zero-order chi connectivity index (χ0) is 41.6. The van der Waals surface area contributed by atoms with Gasteiger partial charge in [0.25, 0.3) is 5.91 Å². The summed E-state index contributed by atoms with van der Waals surface area (Å²) in [7, 11) is 0. The van der Waals surface area contributed by atoms with Crippen LogP contribution in [-0.4, -0.2) is 95.9 Å². The third kappa shape index (κ3) is 12.9. The number of aliphatic hydroxyl groups excluding tert-OH is 1. The van der Waals surface area contributed by atoms with E-state index in [2.05, 4.69) is 26.6 Å². The SMILES string of the molecule is C[C@H](NC(=O)[C@@H](NC(=O)[C@H](CCN)NC(=O)c1ccc(-c2ccc(Cl)cc2)cc1)[C@@H](C)O)C(=O)N[C@@H](CCCCN)C(=O)N[C@@H](C)C(=O)C1OC1c1ccccc1. The van der Waals surface area contributed by atoms with Crippen molar-refractivity contribution in [2.24, 2.45) is 11.5 Å². The van der Waals surface area contributed by atoms with Crippen LogP contribution in [0.5, 0.6) is 0 Å². The molecule has 1 aliphatic heterocycles. The number of hydrogen-bond acceptors (Lipinski definition) is 10. The number of unbranched alkanes of at least 4 members (excludes halogenated alkanes) is 1. The molecule has 0 bridgehead atoms. The molecule has 3 aromatic rings. The van der Waals surface area contributed by atoms with Gasteiger partial charge in [-0.05, 0) is 100 Å². The highest BCUT2D eigenvalue weighted by Crippen LogP contribution is 2.39. The van der Waals surface area contributed by atoms with Crippen LogP contribution in [0.15, 0.2) is 78.9 Å². The van der Waals surface area contributed by atoms with Crippen molar-refractivity contribution in [1.29, 1.82) is 0 Å². The molecule has 4 rings (SSSR count). The van der Waals surface area contributed by atoms with Crippen LogP contribution in [0.4, 0.5) is 0 Å². The Morgan fingerprint density at radius 3 is 1.84 bits per heavy atom. The fourth-order valence-electron chi connectivity index (χ4n) is 6.08. The number of carbonyl (C=O) groups is 6. The van der Waals surface area contributed by atoms with Crippen molar-refractivity contribution in [2.75, 3.05) is 13.1 Å². The van der Waals surface area contributed by atoms with Crippen molar-refractivity contribution in [1.82, 2.24) is 26.6 Å². The van der Waals surface area contributed by atoms with Gasteiger partial charge in [0.2, 0.25) is 23.6 Å². The molecule has 1 saturated heterocycles. The lowest BCUT2D eigenvalue weighted by Crippen LogP contribution is -2.60. The van der Waals surface area contributed by atoms with E-state index in [0.717, 1.165) is 16.7 Å². The largest absolute Gasteiger partial charge is 0.391 e. The summed E-state index contributed by atoms with van der Waals surface area (Å²) in [6, 6.07) is 17.3. The number of ketones is 1. The smallest absolute Gasteiger partial charge is 0.251 e. The first-order valence-corrected chi connectivity index (χ1v) is 19.3. The van der Waals surface area contributed by atoms with Crippen LogP contribution in [0.3, 0.4) is 0 Å². The highest BCUT2D eigenvalue weighted by molar-refractivity contribution is 6.30. The van der Waals surface area contributed by atoms with Crippen molar-refractivity contribution in [3.63, 3.8) is 0 Å². The molecule has 15 nitrogen and oxygen atoms in total. The van der Waals surface area contributed by atoms with Crippen LogP contribution < -0.4 is 38.1 Å². The molecule has 0 saturated carbocycles. The van der Waals surface area contributed by atoms with Gasteiger partial charge in [-0.15, -0.1) is 0 Å². The molecule has 1 aliphatic rings. The summed E-state index contributed by atoms with van der Waals surface area (Å²) < 4.78 is 5.58. The summed E-state index contributed by atoms with van der Waals surface area (Å²) in [6.07, 6.45) is -1.22. The zero-order valence-corrected chi connectivity index (χ0v) is 33.0. The van der Waals surface area contributed by atoms with E-state index in [4.69, 9.17) is 27.8 Å². The number of epoxide rings is 1. The van der Waals surface area contributed by atoms with Crippen LogP contribution in [0.25, 0.3) is 11.1 Å². The maximum atomic E-state index is 13.4. The van der Waals surface area contributed by atoms with Gasteiger partial charge in [-0.3, -0.25) is 28.8 Å². The van der Waals surface area contributed by atoms with Gasteiger partial charge < -0.3 is 47.9 Å². The van der Waals surface area contributed by atoms with Crippen molar-refractivity contribution in [3.05, 3.63) is 95.0 Å². The van der Waals surface area contributed by atoms with Crippen molar-refractivity contribution in [3.8, 4) is 11.1 Å². The third-order valence-corrected chi connectivity index (χ3v) is 9.73. The predicted molar refractivity (Wildman–Crippen MR) is 215 cm³/mol. The Bertz CT molecular complexity index is 1850. The molecule has 8 atom stereocenters. The molecule has 0 aromatic heterocycles. The first kappa shape index (κ1) is 44.5. The number of amides is 5. The van der Waals surface area contributed by atoms with Gasteiger partial charge in [-0.2, -0.15) is 0 Å². The van der Waals surface area contributed by atoms with E-state index >= 15 is 0 Å². The number of ether oxygens (including phenoxy) is 1. The van der Waals surface area contributed by atoms with E-state index in [0.29, 0.717) is 24.4 Å². The molecule has 5 amide bonds. The molecule has 2 unspecified atom stereocenters. The van der Waals surface area contributed by atoms with Crippen molar-refractivity contribution < 1.29 is 38.6 Å². The lowest BCUT2D eigenvalue weighted by molar-refractivity contribution is -0.135. The summed E-state index contributed by atoms with van der Waals surface area (Å²) in [5.41, 5.74) is 14.3. The average Bonchev–Trinajstić information content (AvgIpc) is 4.00. The topological polar surface area (TPSA) is 247 Å². The monoisotopic (exact) mass is 805 g/mol. The van der Waals surface area contributed by atoms with E-state index in [1.807, 2.05) is 42.5 Å². The molecule has 306 valence electrons. The number of benzene rings is 3. The summed E-state index contributed by atoms with van der Waals surface area (Å²) in [5.74, 6) is -3.87. The fraction of sp³-hybridized carbons (Fsp3) is 0.415. The number of rotatable bonds is 21. The number of halogens is 1. The summed E-state index contributed by atoms with van der Waals surface area (Å²) in [6.45, 7) is 4.58. The third-order valence-electron chi connectivity index (χ3n) is 9.48. The van der Waals surface area contributed by atoms with Gasteiger partial charge >= 0.3 is 0 Å². The second-order valence-corrected chi connectivity index (χ2v) is 14.4. The van der Waals surface area contributed by atoms with Crippen LogP contribution in [0, 0.1) is 0 Å². The standard InChI is InChI=1S/C41H52ClN7O8/c1-23(34(51)36-35(57-36)28-9-5-4-6-10-28)45-39(54)31(11-7-8-21-43)47-37(52)24(2)46-41(56)33(25(3)50)49-40(55)32(20-22-44)48-38(53)29-14-12-26(13-15-29)27-16-18-30(42)19-17-27/h4-6,9-10,12-19,23-25,31-33,35-36,50H,7-8,11,20-22,43-44H2,1-3H3,(H,45,54)(H,46,56)(H,47,52)(H,48,53)(H,49,55)/t23-,24-,25+,31-,32-,33-,35?,36?/m0/s1. The molecule has 1 heterocycles. The average molecular weight is 806 g/mol. The van der Waals surface area contributed by atoms with E-state index in [-0.39, 0.29) is 30.7 Å². The molecule has 3 aromatic carbocycles. The van der Waals surface area contributed by atoms with Crippen molar-refractivity contribution in [2.45, 2.75) is 95.0 Å². The molecule has 16 heteroatoms. The predicted octanol–water partition coefficient (Wildman–Crippen LogP) is 1.65. The Balaban J connectivity index is 1.33. The highest BCUT2D eigenvalue weighted by atomic mass is 35.5. The maximum absolute atomic E-state index is 13.4. The number of aliphatic hydroxyl groups is 1. The van der Waals surface area contributed by atoms with Crippen LogP contribution >= 0.6 is 11.6 Å². The fourth-order valence-corrected chi connectivity index (χ4v) is 6.20. The summed E-state index contributed by atoms with van der Waals surface area (Å²) in [4.78, 5) is 79.6. The van der Waals surface area contributed by atoms with Crippen LogP contribution in [0.2, 0.25) is 5.02 Å². The lowest BCUT2D eigenvalue weighted by atomic mass is 10.0. The Kier molecular flexibility index (Phi) is 16.7. The first-order chi connectivity index (χ1) is 27.2. The van der Waals surface area contributed by atoms with Gasteiger partial charge in [0.1, 0.15) is 36.4 Å². The van der Waals surface area contributed by atoms with Crippen LogP contribution in [-0.2, 0) is 28.7 Å². The van der Waals surface area contributed by atoms with E-state index < -0.39 is 78.1 Å². The number of nitrogens with one attached hydrogen (secondary N) is 5. The molecule has 0 aliphatic carbocycles. The molecule has 0 spiro atoms. The van der Waals surface area contributed by atoms with Gasteiger partial charge in [-0.25, -0.2) is 0 Å². The van der Waals surface area contributed by atoms with E-state index in [9.17, 15) is 33.9 Å². The minimum atomic E-state index is -1.52. The Morgan fingerprint density at radius 2 is 1.25 bits per heavy atom. The van der Waals surface area contributed by atoms with Gasteiger partial charge in [0.15, 0.2) is 5.78 Å². The van der Waals surface area contributed by atoms with Crippen molar-refractivity contribution >= 4 is 46.9 Å². The normalized spacial score (nSPS) is 17.7. The minimum absolute atomic E-state index is 0.0200. The molecular formula is C41H52ClN7O8. The van der Waals surface area contributed by atoms with E-state index in [1.165, 1.54) is 13.8 Å². The minimum Gasteiger partial charge on any atom is -0.391 e. The number of hydrogen-bond donors (Lipinski definition) is 8. The van der Waals surface area contributed by atoms with E-state index in [1.54, 1.807) is 43.3 Å². The summed E-state index contributed by atoms with van der Waals surface area (Å²) >= 11 is 5.98. The van der Waals surface area contributed by atoms with Gasteiger partial charge in [0, 0.05) is 10.6 Å². The summed E-state index contributed by atoms with van der Waals surface area (Å²) in [5, 5.41) is 24.0.